The molecule has 0 bridgehead atoms. The number of aliphatic hydroxyl groups excluding tert-OH is 4. The predicted molar refractivity (Wildman–Crippen MR) is 33.2 cm³/mol. The largest absolute Gasteiger partial charge is 0.392 e. The summed E-state index contributed by atoms with van der Waals surface area (Å²) in [6.45, 7) is -0.324. The summed E-state index contributed by atoms with van der Waals surface area (Å²) >= 11 is 0. The van der Waals surface area contributed by atoms with Gasteiger partial charge in [-0.3, -0.25) is 0 Å². The molecule has 0 aromatic carbocycles. The Morgan fingerprint density at radius 3 is 2.10 bits per heavy atom. The lowest BCUT2D eigenvalue weighted by Gasteiger charge is -2.12. The van der Waals surface area contributed by atoms with Gasteiger partial charge in [-0.2, -0.15) is 0 Å². The van der Waals surface area contributed by atoms with Crippen LogP contribution in [-0.4, -0.2) is 45.3 Å². The quantitative estimate of drug-likeness (QED) is 0.323. The Kier molecular flexibility index (Phi) is 2.05. The fourth-order valence-electron chi connectivity index (χ4n) is 0.969. The molecule has 0 aromatic rings. The van der Waals surface area contributed by atoms with Gasteiger partial charge in [0.05, 0.1) is 6.61 Å². The van der Waals surface area contributed by atoms with Gasteiger partial charge in [0.25, 0.3) is 0 Å². The fourth-order valence-corrected chi connectivity index (χ4v) is 0.969. The minimum atomic E-state index is -1.18. The van der Waals surface area contributed by atoms with Gasteiger partial charge in [0, 0.05) is 0 Å². The van der Waals surface area contributed by atoms with E-state index in [4.69, 9.17) is 20.4 Å². The van der Waals surface area contributed by atoms with Gasteiger partial charge in [0.2, 0.25) is 0 Å². The van der Waals surface area contributed by atoms with Crippen LogP contribution >= 0.6 is 0 Å². The molecule has 0 aromatic heterocycles. The number of hydrogen-bond acceptors (Lipinski definition) is 4. The zero-order valence-corrected chi connectivity index (χ0v) is 5.31. The van der Waals surface area contributed by atoms with Gasteiger partial charge in [-0.05, 0) is 11.6 Å². The molecule has 0 aliphatic heterocycles. The molecule has 1 aliphatic rings. The first-order chi connectivity index (χ1) is 4.66. The van der Waals surface area contributed by atoms with Crippen LogP contribution in [-0.2, 0) is 0 Å². The first-order valence-corrected chi connectivity index (χ1v) is 3.02. The van der Waals surface area contributed by atoms with E-state index >= 15 is 0 Å². The van der Waals surface area contributed by atoms with E-state index < -0.39 is 18.3 Å². The van der Waals surface area contributed by atoms with E-state index in [0.29, 0.717) is 0 Å². The highest BCUT2D eigenvalue weighted by Crippen LogP contribution is 2.18. The van der Waals surface area contributed by atoms with Crippen molar-refractivity contribution in [1.82, 2.24) is 0 Å². The van der Waals surface area contributed by atoms with E-state index in [2.05, 4.69) is 0 Å². The average Bonchev–Trinajstić information content (AvgIpc) is 2.17. The maximum atomic E-state index is 8.99. The van der Waals surface area contributed by atoms with Crippen molar-refractivity contribution < 1.29 is 20.4 Å². The Morgan fingerprint density at radius 1 is 1.30 bits per heavy atom. The van der Waals surface area contributed by atoms with E-state index in [9.17, 15) is 0 Å². The molecule has 0 saturated heterocycles. The maximum absolute atomic E-state index is 8.99. The van der Waals surface area contributed by atoms with Crippen molar-refractivity contribution in [3.05, 3.63) is 11.6 Å². The molecule has 1 rings (SSSR count). The van der Waals surface area contributed by atoms with Crippen LogP contribution < -0.4 is 0 Å². The lowest BCUT2D eigenvalue weighted by atomic mass is 10.1. The maximum Gasteiger partial charge on any atom is 0.113 e. The van der Waals surface area contributed by atoms with Crippen LogP contribution in [0.4, 0.5) is 0 Å². The molecule has 10 heavy (non-hydrogen) atoms. The number of hydrogen-bond donors (Lipinski definition) is 4. The first-order valence-electron chi connectivity index (χ1n) is 3.02. The SMILES string of the molecule is OCC1=CC(O)C(O)C1O. The smallest absolute Gasteiger partial charge is 0.113 e. The Bertz CT molecular complexity index is 154. The second kappa shape index (κ2) is 2.67. The van der Waals surface area contributed by atoms with Gasteiger partial charge >= 0.3 is 0 Å². The molecule has 0 heterocycles. The number of aliphatic hydroxyl groups is 4. The van der Waals surface area contributed by atoms with Crippen molar-refractivity contribution in [2.75, 3.05) is 6.61 Å². The second-order valence-corrected chi connectivity index (χ2v) is 2.33. The van der Waals surface area contributed by atoms with Crippen LogP contribution in [0.15, 0.2) is 11.6 Å². The third kappa shape index (κ3) is 1.06. The number of rotatable bonds is 1. The summed E-state index contributed by atoms with van der Waals surface area (Å²) in [6.07, 6.45) is -2.07. The molecule has 3 atom stereocenters. The normalized spacial score (nSPS) is 40.0. The Morgan fingerprint density at radius 2 is 1.90 bits per heavy atom. The molecule has 58 valence electrons. The predicted octanol–water partition coefficient (Wildman–Crippen LogP) is -2.00. The van der Waals surface area contributed by atoms with Crippen LogP contribution in [0.2, 0.25) is 0 Å². The van der Waals surface area contributed by atoms with Crippen molar-refractivity contribution in [3.8, 4) is 0 Å². The molecule has 0 spiro atoms. The summed E-state index contributed by atoms with van der Waals surface area (Å²) in [6, 6.07) is 0. The van der Waals surface area contributed by atoms with Crippen molar-refractivity contribution in [3.63, 3.8) is 0 Å². The van der Waals surface area contributed by atoms with E-state index in [0.717, 1.165) is 0 Å². The summed E-state index contributed by atoms with van der Waals surface area (Å²) in [7, 11) is 0. The molecule has 0 fully saturated rings. The average molecular weight is 146 g/mol. The van der Waals surface area contributed by atoms with Gasteiger partial charge < -0.3 is 20.4 Å². The van der Waals surface area contributed by atoms with Crippen LogP contribution in [0.25, 0.3) is 0 Å². The lowest BCUT2D eigenvalue weighted by molar-refractivity contribution is -0.0126. The topological polar surface area (TPSA) is 80.9 Å². The van der Waals surface area contributed by atoms with Gasteiger partial charge in [0.1, 0.15) is 18.3 Å². The van der Waals surface area contributed by atoms with Crippen LogP contribution in [0.1, 0.15) is 0 Å². The molecule has 4 nitrogen and oxygen atoms in total. The van der Waals surface area contributed by atoms with Crippen LogP contribution in [0.5, 0.6) is 0 Å². The van der Waals surface area contributed by atoms with Crippen molar-refractivity contribution >= 4 is 0 Å². The summed E-state index contributed by atoms with van der Waals surface area (Å²) in [5.41, 5.74) is 0.278. The lowest BCUT2D eigenvalue weighted by Crippen LogP contribution is -2.31. The molecule has 0 saturated carbocycles. The molecule has 4 N–H and O–H groups in total. The monoisotopic (exact) mass is 146 g/mol. The summed E-state index contributed by atoms with van der Waals surface area (Å²) < 4.78 is 0. The van der Waals surface area contributed by atoms with Gasteiger partial charge in [-0.15, -0.1) is 0 Å². The zero-order chi connectivity index (χ0) is 7.72. The first kappa shape index (κ1) is 7.68. The highest BCUT2D eigenvalue weighted by molar-refractivity contribution is 5.21. The standard InChI is InChI=1S/C6H10O4/c7-2-3-1-4(8)6(10)5(3)9/h1,4-10H,2H2. The van der Waals surface area contributed by atoms with E-state index in [-0.39, 0.29) is 12.2 Å². The third-order valence-electron chi connectivity index (χ3n) is 1.62. The molecule has 0 amide bonds. The molecular weight excluding hydrogens is 136 g/mol. The third-order valence-corrected chi connectivity index (χ3v) is 1.62. The van der Waals surface area contributed by atoms with Gasteiger partial charge in [0.15, 0.2) is 0 Å². The zero-order valence-electron chi connectivity index (χ0n) is 5.31. The highest BCUT2D eigenvalue weighted by atomic mass is 16.4. The molecule has 4 heteroatoms. The van der Waals surface area contributed by atoms with Crippen molar-refractivity contribution in [2.24, 2.45) is 0 Å². The molecule has 3 unspecified atom stereocenters. The Labute approximate surface area is 58.0 Å². The summed E-state index contributed by atoms with van der Waals surface area (Å²) in [5, 5.41) is 35.3. The van der Waals surface area contributed by atoms with Gasteiger partial charge in [-0.25, -0.2) is 0 Å². The van der Waals surface area contributed by atoms with Crippen molar-refractivity contribution in [2.45, 2.75) is 18.3 Å². The van der Waals surface area contributed by atoms with E-state index in [1.54, 1.807) is 0 Å². The summed E-state index contributed by atoms with van der Waals surface area (Å²) in [4.78, 5) is 0. The highest BCUT2D eigenvalue weighted by Gasteiger charge is 2.32. The fraction of sp³-hybridized carbons (Fsp3) is 0.667. The molecular formula is C6H10O4. The van der Waals surface area contributed by atoms with E-state index in [1.165, 1.54) is 6.08 Å². The second-order valence-electron chi connectivity index (χ2n) is 2.33. The minimum absolute atomic E-state index is 0.278. The van der Waals surface area contributed by atoms with Crippen molar-refractivity contribution in [1.29, 1.82) is 0 Å². The van der Waals surface area contributed by atoms with E-state index in [1.807, 2.05) is 0 Å². The Balaban J connectivity index is 2.68. The van der Waals surface area contributed by atoms with Crippen LogP contribution in [0, 0.1) is 0 Å². The summed E-state index contributed by atoms with van der Waals surface area (Å²) in [5.74, 6) is 0. The van der Waals surface area contributed by atoms with Crippen LogP contribution in [0.3, 0.4) is 0 Å². The Hall–Kier alpha value is -0.420. The minimum Gasteiger partial charge on any atom is -0.392 e. The van der Waals surface area contributed by atoms with Gasteiger partial charge in [-0.1, -0.05) is 0 Å². The molecule has 0 radical (unpaired) electrons. The molecule has 1 aliphatic carbocycles.